The number of nitrogens with zero attached hydrogens (tertiary/aromatic N) is 4. The van der Waals surface area contributed by atoms with Gasteiger partial charge in [-0.3, -0.25) is 0 Å². The number of unbranched alkanes of at least 4 members (excludes halogenated alkanes) is 1. The largest absolute Gasteiger partial charge is 0.375 e. The van der Waals surface area contributed by atoms with Crippen LogP contribution in [0.5, 0.6) is 0 Å². The van der Waals surface area contributed by atoms with Crippen LogP contribution in [0.1, 0.15) is 39.0 Å². The van der Waals surface area contributed by atoms with E-state index in [9.17, 15) is 0 Å². The van der Waals surface area contributed by atoms with Gasteiger partial charge in [-0.1, -0.05) is 25.5 Å². The van der Waals surface area contributed by atoms with Crippen LogP contribution >= 0.6 is 0 Å². The molecule has 0 radical (unpaired) electrons. The molecule has 0 amide bonds. The summed E-state index contributed by atoms with van der Waals surface area (Å²) >= 11 is 0. The number of piperidine rings is 1. The van der Waals surface area contributed by atoms with Gasteiger partial charge in [-0.2, -0.15) is 0 Å². The standard InChI is InChI=1S/C26H33N5/c1-3-4-18-30(2)23-12-8-21(9-13-23)25-16-17-27-26(29-25)28-22-10-14-24(15-11-22)31-19-6-5-7-20-31/h8-17H,3-7,18-20H2,1-2H3,(H,27,28,29). The van der Waals surface area contributed by atoms with Crippen molar-refractivity contribution in [3.05, 3.63) is 60.8 Å². The van der Waals surface area contributed by atoms with Crippen molar-refractivity contribution in [1.82, 2.24) is 9.97 Å². The summed E-state index contributed by atoms with van der Waals surface area (Å²) in [6.45, 7) is 5.62. The van der Waals surface area contributed by atoms with Gasteiger partial charge in [-0.15, -0.1) is 0 Å². The fraction of sp³-hybridized carbons (Fsp3) is 0.385. The van der Waals surface area contributed by atoms with Gasteiger partial charge < -0.3 is 15.1 Å². The molecule has 1 fully saturated rings. The lowest BCUT2D eigenvalue weighted by molar-refractivity contribution is 0.578. The maximum Gasteiger partial charge on any atom is 0.227 e. The molecule has 1 aliphatic rings. The Hall–Kier alpha value is -3.08. The van der Waals surface area contributed by atoms with Crippen LogP contribution in [0, 0.1) is 0 Å². The smallest absolute Gasteiger partial charge is 0.227 e. The summed E-state index contributed by atoms with van der Waals surface area (Å²) in [5.74, 6) is 0.618. The van der Waals surface area contributed by atoms with Gasteiger partial charge in [0.05, 0.1) is 5.69 Å². The molecular formula is C26H33N5. The van der Waals surface area contributed by atoms with E-state index in [1.54, 1.807) is 0 Å². The predicted octanol–water partition coefficient (Wildman–Crippen LogP) is 6.11. The lowest BCUT2D eigenvalue weighted by atomic mass is 10.1. The first-order valence-electron chi connectivity index (χ1n) is 11.5. The summed E-state index contributed by atoms with van der Waals surface area (Å²) in [7, 11) is 2.15. The molecule has 0 spiro atoms. The van der Waals surface area contributed by atoms with Crippen molar-refractivity contribution in [1.29, 1.82) is 0 Å². The molecule has 162 valence electrons. The van der Waals surface area contributed by atoms with Crippen molar-refractivity contribution in [3.8, 4) is 11.3 Å². The van der Waals surface area contributed by atoms with Crippen LogP contribution in [0.3, 0.4) is 0 Å². The molecule has 3 aromatic rings. The zero-order valence-electron chi connectivity index (χ0n) is 18.7. The fourth-order valence-electron chi connectivity index (χ4n) is 4.03. The average Bonchev–Trinajstić information content (AvgIpc) is 2.84. The predicted molar refractivity (Wildman–Crippen MR) is 131 cm³/mol. The number of aromatic nitrogens is 2. The van der Waals surface area contributed by atoms with Gasteiger partial charge in [0.25, 0.3) is 0 Å². The van der Waals surface area contributed by atoms with Gasteiger partial charge in [-0.25, -0.2) is 9.97 Å². The Morgan fingerprint density at radius 1 is 0.935 bits per heavy atom. The molecule has 2 heterocycles. The van der Waals surface area contributed by atoms with E-state index in [2.05, 4.69) is 82.6 Å². The fourth-order valence-corrected chi connectivity index (χ4v) is 4.03. The van der Waals surface area contributed by atoms with E-state index in [1.165, 1.54) is 43.5 Å². The second-order valence-corrected chi connectivity index (χ2v) is 8.31. The first kappa shape index (κ1) is 21.2. The summed E-state index contributed by atoms with van der Waals surface area (Å²) in [6.07, 6.45) is 8.15. The van der Waals surface area contributed by atoms with E-state index in [1.807, 2.05) is 12.3 Å². The van der Waals surface area contributed by atoms with Crippen LogP contribution < -0.4 is 15.1 Å². The third-order valence-electron chi connectivity index (χ3n) is 5.95. The highest BCUT2D eigenvalue weighted by molar-refractivity contribution is 5.65. The third kappa shape index (κ3) is 5.54. The van der Waals surface area contributed by atoms with E-state index < -0.39 is 0 Å². The normalized spacial score (nSPS) is 13.8. The van der Waals surface area contributed by atoms with Gasteiger partial charge in [-0.05, 0) is 68.1 Å². The van der Waals surface area contributed by atoms with Crippen LogP contribution in [0.2, 0.25) is 0 Å². The first-order valence-corrected chi connectivity index (χ1v) is 11.5. The molecule has 0 atom stereocenters. The number of anilines is 4. The number of nitrogens with one attached hydrogen (secondary N) is 1. The molecule has 0 bridgehead atoms. The summed E-state index contributed by atoms with van der Waals surface area (Å²) in [6, 6.07) is 19.2. The molecule has 0 saturated carbocycles. The molecule has 1 aromatic heterocycles. The Kier molecular flexibility index (Phi) is 7.03. The molecule has 4 rings (SSSR count). The van der Waals surface area contributed by atoms with Crippen LogP contribution in [0.15, 0.2) is 60.8 Å². The molecule has 1 aliphatic heterocycles. The molecular weight excluding hydrogens is 382 g/mol. The van der Waals surface area contributed by atoms with Crippen molar-refractivity contribution < 1.29 is 0 Å². The van der Waals surface area contributed by atoms with E-state index in [0.717, 1.165) is 36.6 Å². The number of benzene rings is 2. The summed E-state index contributed by atoms with van der Waals surface area (Å²) in [4.78, 5) is 13.9. The van der Waals surface area contributed by atoms with Crippen molar-refractivity contribution in [2.45, 2.75) is 39.0 Å². The number of hydrogen-bond donors (Lipinski definition) is 1. The van der Waals surface area contributed by atoms with E-state index in [0.29, 0.717) is 5.95 Å². The molecule has 5 heteroatoms. The summed E-state index contributed by atoms with van der Waals surface area (Å²) in [5, 5.41) is 3.35. The molecule has 0 unspecified atom stereocenters. The SMILES string of the molecule is CCCCN(C)c1ccc(-c2ccnc(Nc3ccc(N4CCCCC4)cc3)n2)cc1. The molecule has 31 heavy (non-hydrogen) atoms. The number of rotatable bonds is 8. The molecule has 1 N–H and O–H groups in total. The van der Waals surface area contributed by atoms with Crippen molar-refractivity contribution in [2.75, 3.05) is 41.8 Å². The highest BCUT2D eigenvalue weighted by Crippen LogP contribution is 2.25. The van der Waals surface area contributed by atoms with Crippen LogP contribution in [0.25, 0.3) is 11.3 Å². The Morgan fingerprint density at radius 3 is 2.39 bits per heavy atom. The van der Waals surface area contributed by atoms with Crippen LogP contribution in [0.4, 0.5) is 23.0 Å². The molecule has 5 nitrogen and oxygen atoms in total. The summed E-state index contributed by atoms with van der Waals surface area (Å²) in [5.41, 5.74) is 5.55. The highest BCUT2D eigenvalue weighted by Gasteiger charge is 2.11. The lowest BCUT2D eigenvalue weighted by Gasteiger charge is -2.28. The Bertz CT molecular complexity index is 946. The minimum Gasteiger partial charge on any atom is -0.375 e. The molecule has 2 aromatic carbocycles. The van der Waals surface area contributed by atoms with Gasteiger partial charge in [0.1, 0.15) is 0 Å². The second kappa shape index (κ2) is 10.3. The first-order chi connectivity index (χ1) is 15.2. The molecule has 0 aliphatic carbocycles. The van der Waals surface area contributed by atoms with Crippen LogP contribution in [-0.2, 0) is 0 Å². The zero-order valence-corrected chi connectivity index (χ0v) is 18.7. The second-order valence-electron chi connectivity index (χ2n) is 8.31. The van der Waals surface area contributed by atoms with Crippen LogP contribution in [-0.4, -0.2) is 36.6 Å². The number of hydrogen-bond acceptors (Lipinski definition) is 5. The maximum absolute atomic E-state index is 4.73. The molecule has 1 saturated heterocycles. The minimum atomic E-state index is 0.618. The maximum atomic E-state index is 4.73. The van der Waals surface area contributed by atoms with Gasteiger partial charge in [0.15, 0.2) is 0 Å². The van der Waals surface area contributed by atoms with Crippen molar-refractivity contribution in [3.63, 3.8) is 0 Å². The summed E-state index contributed by atoms with van der Waals surface area (Å²) < 4.78 is 0. The highest BCUT2D eigenvalue weighted by atomic mass is 15.1. The monoisotopic (exact) mass is 415 g/mol. The van der Waals surface area contributed by atoms with Crippen molar-refractivity contribution in [2.24, 2.45) is 0 Å². The van der Waals surface area contributed by atoms with E-state index in [4.69, 9.17) is 4.98 Å². The Balaban J connectivity index is 1.42. The minimum absolute atomic E-state index is 0.618. The third-order valence-corrected chi connectivity index (χ3v) is 5.95. The topological polar surface area (TPSA) is 44.3 Å². The van der Waals surface area contributed by atoms with E-state index >= 15 is 0 Å². The average molecular weight is 416 g/mol. The Morgan fingerprint density at radius 2 is 1.68 bits per heavy atom. The van der Waals surface area contributed by atoms with Gasteiger partial charge >= 0.3 is 0 Å². The van der Waals surface area contributed by atoms with Gasteiger partial charge in [0, 0.05) is 55.5 Å². The van der Waals surface area contributed by atoms with Gasteiger partial charge in [0.2, 0.25) is 5.95 Å². The van der Waals surface area contributed by atoms with Crippen molar-refractivity contribution >= 4 is 23.0 Å². The Labute approximate surface area is 186 Å². The quantitative estimate of drug-likeness (QED) is 0.480. The lowest BCUT2D eigenvalue weighted by Crippen LogP contribution is -2.29. The van der Waals surface area contributed by atoms with E-state index in [-0.39, 0.29) is 0 Å². The zero-order chi connectivity index (χ0) is 21.5.